The average molecular weight is 426 g/mol. The number of urea groups is 1. The normalized spacial score (nSPS) is 19.1. The second-order valence-electron chi connectivity index (χ2n) is 6.66. The molecule has 0 saturated carbocycles. The fourth-order valence-electron chi connectivity index (χ4n) is 2.84. The van der Waals surface area contributed by atoms with Crippen molar-refractivity contribution in [2.24, 2.45) is 10.5 Å². The van der Waals surface area contributed by atoms with Crippen LogP contribution in [0.5, 0.6) is 0 Å². The lowest BCUT2D eigenvalue weighted by Crippen LogP contribution is -2.41. The summed E-state index contributed by atoms with van der Waals surface area (Å²) in [6.45, 7) is 1.20. The first-order valence-electron chi connectivity index (χ1n) is 8.35. The van der Waals surface area contributed by atoms with E-state index in [0.29, 0.717) is 10.6 Å². The minimum atomic E-state index is -4.49. The number of amides is 2. The number of hydrogen-bond acceptors (Lipinski definition) is 3. The largest absolute Gasteiger partial charge is 0.480 e. The summed E-state index contributed by atoms with van der Waals surface area (Å²) in [6.07, 6.45) is -4.49. The summed E-state index contributed by atoms with van der Waals surface area (Å²) < 4.78 is 37.9. The summed E-state index contributed by atoms with van der Waals surface area (Å²) in [5.74, 6) is -1.17. The molecule has 0 radical (unpaired) electrons. The van der Waals surface area contributed by atoms with Crippen molar-refractivity contribution in [1.29, 1.82) is 0 Å². The average Bonchev–Trinajstić information content (AvgIpc) is 3.01. The monoisotopic (exact) mass is 425 g/mol. The van der Waals surface area contributed by atoms with Crippen molar-refractivity contribution in [3.63, 3.8) is 0 Å². The third-order valence-electron chi connectivity index (χ3n) is 4.50. The maximum atomic E-state index is 12.6. The van der Waals surface area contributed by atoms with E-state index in [1.807, 2.05) is 0 Å². The van der Waals surface area contributed by atoms with Crippen LogP contribution in [0.2, 0.25) is 5.02 Å². The number of carbonyl (C=O) groups is 2. The molecule has 1 aliphatic rings. The molecule has 1 aliphatic heterocycles. The molecule has 152 valence electrons. The summed E-state index contributed by atoms with van der Waals surface area (Å²) in [7, 11) is 0. The Morgan fingerprint density at radius 1 is 1.14 bits per heavy atom. The van der Waals surface area contributed by atoms with E-state index in [4.69, 9.17) is 11.6 Å². The van der Waals surface area contributed by atoms with Crippen LogP contribution < -0.4 is 5.32 Å². The van der Waals surface area contributed by atoms with Crippen LogP contribution >= 0.6 is 11.6 Å². The zero-order valence-corrected chi connectivity index (χ0v) is 15.8. The van der Waals surface area contributed by atoms with Crippen molar-refractivity contribution in [1.82, 2.24) is 5.01 Å². The number of carboxylic acids is 1. The smallest absolute Gasteiger partial charge is 0.416 e. The maximum Gasteiger partial charge on any atom is 0.416 e. The second kappa shape index (κ2) is 7.40. The van der Waals surface area contributed by atoms with Crippen molar-refractivity contribution in [3.8, 4) is 0 Å². The summed E-state index contributed by atoms with van der Waals surface area (Å²) in [6, 6.07) is 9.47. The van der Waals surface area contributed by atoms with Gasteiger partial charge in [0.2, 0.25) is 0 Å². The Kier molecular flexibility index (Phi) is 5.27. The van der Waals surface area contributed by atoms with Crippen molar-refractivity contribution in [3.05, 3.63) is 64.7 Å². The van der Waals surface area contributed by atoms with Gasteiger partial charge in [-0.15, -0.1) is 0 Å². The molecule has 10 heteroatoms. The molecule has 2 aromatic rings. The fraction of sp³-hybridized carbons (Fsp3) is 0.211. The Morgan fingerprint density at radius 3 is 2.24 bits per heavy atom. The topological polar surface area (TPSA) is 82.0 Å². The van der Waals surface area contributed by atoms with Gasteiger partial charge in [-0.3, -0.25) is 4.79 Å². The molecule has 0 aliphatic carbocycles. The van der Waals surface area contributed by atoms with Crippen LogP contribution in [0.1, 0.15) is 18.1 Å². The molecule has 1 heterocycles. The van der Waals surface area contributed by atoms with Crippen LogP contribution in [0.25, 0.3) is 0 Å². The Bertz CT molecular complexity index is 975. The first kappa shape index (κ1) is 20.7. The van der Waals surface area contributed by atoms with Crippen LogP contribution in [-0.2, 0) is 11.0 Å². The molecular formula is C19H15ClF3N3O3. The van der Waals surface area contributed by atoms with Crippen LogP contribution in [0.4, 0.5) is 23.7 Å². The number of carbonyl (C=O) groups excluding carboxylic acids is 1. The lowest BCUT2D eigenvalue weighted by Gasteiger charge is -2.21. The highest BCUT2D eigenvalue weighted by atomic mass is 35.5. The van der Waals surface area contributed by atoms with Gasteiger partial charge in [0, 0.05) is 10.7 Å². The van der Waals surface area contributed by atoms with Gasteiger partial charge in [0.25, 0.3) is 0 Å². The third kappa shape index (κ3) is 4.19. The lowest BCUT2D eigenvalue weighted by atomic mass is 9.82. The Hall–Kier alpha value is -3.07. The van der Waals surface area contributed by atoms with Gasteiger partial charge in [0.15, 0.2) is 0 Å². The second-order valence-corrected chi connectivity index (χ2v) is 7.09. The number of hydrazone groups is 1. The number of hydrogen-bond donors (Lipinski definition) is 2. The Labute approximate surface area is 168 Å². The van der Waals surface area contributed by atoms with E-state index < -0.39 is 29.2 Å². The van der Waals surface area contributed by atoms with Gasteiger partial charge in [-0.05, 0) is 48.9 Å². The molecule has 2 aromatic carbocycles. The zero-order valence-electron chi connectivity index (χ0n) is 15.0. The molecule has 2 N–H and O–H groups in total. The number of anilines is 1. The standard InChI is InChI=1S/C19H15ClF3N3O3/c1-18(16(27)28)10-26(25-15(18)11-2-6-13(20)7-3-11)17(29)24-14-8-4-12(5-9-14)19(21,22)23/h2-9H,10H2,1H3,(H,24,29)(H,27,28)/t18-/m0/s1. The van der Waals surface area contributed by atoms with Crippen LogP contribution in [0, 0.1) is 5.41 Å². The van der Waals surface area contributed by atoms with E-state index in [-0.39, 0.29) is 17.9 Å². The van der Waals surface area contributed by atoms with Crippen LogP contribution in [-0.4, -0.2) is 34.4 Å². The van der Waals surface area contributed by atoms with Gasteiger partial charge in [0.1, 0.15) is 5.41 Å². The van der Waals surface area contributed by atoms with Gasteiger partial charge in [-0.2, -0.15) is 18.3 Å². The molecule has 2 amide bonds. The SMILES string of the molecule is C[C@]1(C(=O)O)CN(C(=O)Nc2ccc(C(F)(F)F)cc2)N=C1c1ccc(Cl)cc1. The molecule has 0 aromatic heterocycles. The number of alkyl halides is 3. The number of halogens is 4. The number of carboxylic acid groups (broad SMARTS) is 1. The quantitative estimate of drug-likeness (QED) is 0.747. The molecule has 0 unspecified atom stereocenters. The molecule has 0 fully saturated rings. The highest BCUT2D eigenvalue weighted by Crippen LogP contribution is 2.33. The van der Waals surface area contributed by atoms with Gasteiger partial charge in [0.05, 0.1) is 17.8 Å². The van der Waals surface area contributed by atoms with E-state index >= 15 is 0 Å². The number of aliphatic carboxylic acids is 1. The summed E-state index contributed by atoms with van der Waals surface area (Å²) >= 11 is 5.86. The van der Waals surface area contributed by atoms with Crippen molar-refractivity contribution in [2.45, 2.75) is 13.1 Å². The summed E-state index contributed by atoms with van der Waals surface area (Å²) in [5.41, 5.74) is -1.53. The Balaban J connectivity index is 1.84. The van der Waals surface area contributed by atoms with Gasteiger partial charge in [-0.25, -0.2) is 9.80 Å². The van der Waals surface area contributed by atoms with E-state index in [1.165, 1.54) is 6.92 Å². The molecule has 0 spiro atoms. The number of rotatable bonds is 3. The predicted octanol–water partition coefficient (Wildman–Crippen LogP) is 4.70. The van der Waals surface area contributed by atoms with E-state index in [9.17, 15) is 27.9 Å². The summed E-state index contributed by atoms with van der Waals surface area (Å²) in [4.78, 5) is 24.4. The lowest BCUT2D eigenvalue weighted by molar-refractivity contribution is -0.144. The first-order chi connectivity index (χ1) is 13.5. The van der Waals surface area contributed by atoms with Gasteiger partial charge in [-0.1, -0.05) is 23.7 Å². The minimum Gasteiger partial charge on any atom is -0.480 e. The van der Waals surface area contributed by atoms with Crippen molar-refractivity contribution in [2.75, 3.05) is 11.9 Å². The van der Waals surface area contributed by atoms with Crippen LogP contribution in [0.15, 0.2) is 53.6 Å². The molecule has 0 bridgehead atoms. The number of nitrogens with zero attached hydrogens (tertiary/aromatic N) is 2. The van der Waals surface area contributed by atoms with Crippen LogP contribution in [0.3, 0.4) is 0 Å². The molecule has 3 rings (SSSR count). The highest BCUT2D eigenvalue weighted by molar-refractivity contribution is 6.30. The Morgan fingerprint density at radius 2 is 1.72 bits per heavy atom. The molecule has 1 atom stereocenters. The summed E-state index contributed by atoms with van der Waals surface area (Å²) in [5, 5.41) is 17.7. The molecular weight excluding hydrogens is 411 g/mol. The van der Waals surface area contributed by atoms with Gasteiger partial charge < -0.3 is 10.4 Å². The highest BCUT2D eigenvalue weighted by Gasteiger charge is 2.47. The first-order valence-corrected chi connectivity index (χ1v) is 8.73. The number of benzene rings is 2. The van der Waals surface area contributed by atoms with E-state index in [1.54, 1.807) is 24.3 Å². The van der Waals surface area contributed by atoms with E-state index in [0.717, 1.165) is 29.3 Å². The zero-order chi connectivity index (χ0) is 21.4. The number of nitrogens with one attached hydrogen (secondary N) is 1. The molecule has 6 nitrogen and oxygen atoms in total. The van der Waals surface area contributed by atoms with E-state index in [2.05, 4.69) is 10.4 Å². The van der Waals surface area contributed by atoms with Crippen molar-refractivity contribution >= 4 is 35.0 Å². The van der Waals surface area contributed by atoms with Crippen molar-refractivity contribution < 1.29 is 27.9 Å². The minimum absolute atomic E-state index is 0.121. The fourth-order valence-corrected chi connectivity index (χ4v) is 2.97. The predicted molar refractivity (Wildman–Crippen MR) is 101 cm³/mol. The maximum absolute atomic E-state index is 12.6. The molecule has 29 heavy (non-hydrogen) atoms. The third-order valence-corrected chi connectivity index (χ3v) is 4.75. The molecule has 0 saturated heterocycles. The van der Waals surface area contributed by atoms with Gasteiger partial charge >= 0.3 is 18.2 Å².